The molecule has 0 heterocycles. The highest BCUT2D eigenvalue weighted by Crippen LogP contribution is 2.23. The zero-order chi connectivity index (χ0) is 19.3. The molecule has 0 fully saturated rings. The number of anilines is 1. The maximum absolute atomic E-state index is 13.1. The van der Waals surface area contributed by atoms with Gasteiger partial charge in [0.25, 0.3) is 0 Å². The Labute approximate surface area is 152 Å². The van der Waals surface area contributed by atoms with Gasteiger partial charge in [-0.25, -0.2) is 12.8 Å². The van der Waals surface area contributed by atoms with Crippen LogP contribution < -0.4 is 10.1 Å². The molecule has 0 bridgehead atoms. The first-order valence-corrected chi connectivity index (χ1v) is 9.43. The van der Waals surface area contributed by atoms with Crippen molar-refractivity contribution in [1.82, 2.24) is 4.31 Å². The largest absolute Gasteiger partial charge is 0.494 e. The summed E-state index contributed by atoms with van der Waals surface area (Å²) in [5, 5.41) is 2.47. The number of sulfonamides is 1. The van der Waals surface area contributed by atoms with Gasteiger partial charge in [-0.2, -0.15) is 4.31 Å². The summed E-state index contributed by atoms with van der Waals surface area (Å²) >= 11 is 0. The Hall–Kier alpha value is -2.45. The fraction of sp³-hybridized carbons (Fsp3) is 0.278. The van der Waals surface area contributed by atoms with Crippen LogP contribution in [0.25, 0.3) is 0 Å². The highest BCUT2D eigenvalue weighted by Gasteiger charge is 2.23. The molecular weight excluding hydrogens is 359 g/mol. The van der Waals surface area contributed by atoms with Crippen LogP contribution in [0.15, 0.2) is 47.4 Å². The SMILES string of the molecule is CCOc1ccc(S(=O)(=O)N(C)CC(=O)Nc2cccc(F)c2)cc1C. The minimum absolute atomic E-state index is 0.0690. The van der Waals surface area contributed by atoms with Crippen LogP contribution in [-0.2, 0) is 14.8 Å². The third-order valence-corrected chi connectivity index (χ3v) is 5.43. The molecule has 2 aromatic carbocycles. The van der Waals surface area contributed by atoms with Crippen molar-refractivity contribution in [3.63, 3.8) is 0 Å². The van der Waals surface area contributed by atoms with E-state index < -0.39 is 28.3 Å². The maximum Gasteiger partial charge on any atom is 0.243 e. The highest BCUT2D eigenvalue weighted by atomic mass is 32.2. The number of halogens is 1. The van der Waals surface area contributed by atoms with Crippen molar-refractivity contribution in [3.8, 4) is 5.75 Å². The predicted molar refractivity (Wildman–Crippen MR) is 97.2 cm³/mol. The molecule has 8 heteroatoms. The minimum atomic E-state index is -3.85. The molecule has 0 atom stereocenters. The lowest BCUT2D eigenvalue weighted by Crippen LogP contribution is -2.35. The van der Waals surface area contributed by atoms with E-state index in [1.54, 1.807) is 13.0 Å². The molecule has 1 N–H and O–H groups in total. The summed E-state index contributed by atoms with van der Waals surface area (Å²) in [5.74, 6) is -0.448. The number of nitrogens with zero attached hydrogens (tertiary/aromatic N) is 1. The van der Waals surface area contributed by atoms with Gasteiger partial charge in [0.05, 0.1) is 18.0 Å². The minimum Gasteiger partial charge on any atom is -0.494 e. The maximum atomic E-state index is 13.1. The van der Waals surface area contributed by atoms with Gasteiger partial charge in [0.2, 0.25) is 15.9 Å². The van der Waals surface area contributed by atoms with Gasteiger partial charge in [0.15, 0.2) is 0 Å². The molecule has 0 saturated heterocycles. The summed E-state index contributed by atoms with van der Waals surface area (Å²) in [6.07, 6.45) is 0. The number of amides is 1. The lowest BCUT2D eigenvalue weighted by molar-refractivity contribution is -0.116. The van der Waals surface area contributed by atoms with Crippen LogP contribution in [0.1, 0.15) is 12.5 Å². The molecule has 1 amide bonds. The summed E-state index contributed by atoms with van der Waals surface area (Å²) in [4.78, 5) is 12.1. The number of hydrogen-bond acceptors (Lipinski definition) is 4. The van der Waals surface area contributed by atoms with Crippen molar-refractivity contribution in [3.05, 3.63) is 53.8 Å². The van der Waals surface area contributed by atoms with Gasteiger partial charge in [0, 0.05) is 12.7 Å². The summed E-state index contributed by atoms with van der Waals surface area (Å²) in [5.41, 5.74) is 0.947. The fourth-order valence-corrected chi connectivity index (χ4v) is 3.55. The number of ether oxygens (including phenoxy) is 1. The molecule has 6 nitrogen and oxygen atoms in total. The smallest absolute Gasteiger partial charge is 0.243 e. The van der Waals surface area contributed by atoms with Crippen LogP contribution in [0.3, 0.4) is 0 Å². The molecule has 0 aliphatic carbocycles. The van der Waals surface area contributed by atoms with E-state index in [0.29, 0.717) is 17.9 Å². The first kappa shape index (κ1) is 19.9. The standard InChI is InChI=1S/C18H21FN2O4S/c1-4-25-17-9-8-16(10-13(17)2)26(23,24)21(3)12-18(22)20-15-7-5-6-14(19)11-15/h5-11H,4,12H2,1-3H3,(H,20,22). The normalized spacial score (nSPS) is 11.4. The second kappa shape index (κ2) is 8.29. The van der Waals surface area contributed by atoms with Gasteiger partial charge in [-0.1, -0.05) is 6.07 Å². The average molecular weight is 380 g/mol. The number of carbonyl (C=O) groups is 1. The molecule has 140 valence electrons. The van der Waals surface area contributed by atoms with Crippen LogP contribution in [0.2, 0.25) is 0 Å². The quantitative estimate of drug-likeness (QED) is 0.801. The molecular formula is C18H21FN2O4S. The molecule has 0 saturated carbocycles. The third kappa shape index (κ3) is 4.80. The Morgan fingerprint density at radius 1 is 1.23 bits per heavy atom. The van der Waals surface area contributed by atoms with Gasteiger partial charge in [-0.15, -0.1) is 0 Å². The van der Waals surface area contributed by atoms with Crippen LogP contribution in [0.5, 0.6) is 5.75 Å². The van der Waals surface area contributed by atoms with Crippen molar-refractivity contribution in [2.75, 3.05) is 25.5 Å². The van der Waals surface area contributed by atoms with E-state index in [0.717, 1.165) is 10.4 Å². The first-order valence-electron chi connectivity index (χ1n) is 7.99. The van der Waals surface area contributed by atoms with E-state index in [9.17, 15) is 17.6 Å². The lowest BCUT2D eigenvalue weighted by Gasteiger charge is -2.18. The molecule has 0 spiro atoms. The van der Waals surface area contributed by atoms with E-state index in [1.807, 2.05) is 6.92 Å². The number of hydrogen-bond donors (Lipinski definition) is 1. The van der Waals surface area contributed by atoms with Gasteiger partial charge < -0.3 is 10.1 Å². The number of aryl methyl sites for hydroxylation is 1. The molecule has 0 radical (unpaired) electrons. The number of benzene rings is 2. The van der Waals surface area contributed by atoms with E-state index in [4.69, 9.17) is 4.74 Å². The summed E-state index contributed by atoms with van der Waals surface area (Å²) in [7, 11) is -2.53. The second-order valence-electron chi connectivity index (χ2n) is 5.68. The van der Waals surface area contributed by atoms with Gasteiger partial charge >= 0.3 is 0 Å². The Kier molecular flexibility index (Phi) is 6.33. The Morgan fingerprint density at radius 2 is 1.96 bits per heavy atom. The van der Waals surface area contributed by atoms with Crippen molar-refractivity contribution < 1.29 is 22.3 Å². The Bertz CT molecular complexity index is 900. The Morgan fingerprint density at radius 3 is 2.58 bits per heavy atom. The third-order valence-electron chi connectivity index (χ3n) is 3.63. The molecule has 26 heavy (non-hydrogen) atoms. The van der Waals surface area contributed by atoms with Crippen molar-refractivity contribution in [2.45, 2.75) is 18.7 Å². The number of rotatable bonds is 7. The molecule has 0 aliphatic heterocycles. The van der Waals surface area contributed by atoms with Gasteiger partial charge in [-0.3, -0.25) is 4.79 Å². The fourth-order valence-electron chi connectivity index (χ4n) is 2.33. The van der Waals surface area contributed by atoms with E-state index in [2.05, 4.69) is 5.32 Å². The molecule has 2 rings (SSSR count). The van der Waals surface area contributed by atoms with Gasteiger partial charge in [0.1, 0.15) is 11.6 Å². The number of carbonyl (C=O) groups excluding carboxylic acids is 1. The van der Waals surface area contributed by atoms with E-state index in [-0.39, 0.29) is 10.6 Å². The lowest BCUT2D eigenvalue weighted by atomic mass is 10.2. The molecule has 0 aliphatic rings. The van der Waals surface area contributed by atoms with E-state index >= 15 is 0 Å². The summed E-state index contributed by atoms with van der Waals surface area (Å²) in [6, 6.07) is 9.91. The molecule has 0 aromatic heterocycles. The summed E-state index contributed by atoms with van der Waals surface area (Å²) in [6.45, 7) is 3.67. The summed E-state index contributed by atoms with van der Waals surface area (Å²) < 4.78 is 44.8. The van der Waals surface area contributed by atoms with Crippen LogP contribution in [0.4, 0.5) is 10.1 Å². The predicted octanol–water partition coefficient (Wildman–Crippen LogP) is 2.79. The van der Waals surface area contributed by atoms with Crippen molar-refractivity contribution in [1.29, 1.82) is 0 Å². The van der Waals surface area contributed by atoms with Crippen LogP contribution in [-0.4, -0.2) is 38.8 Å². The number of nitrogens with one attached hydrogen (secondary N) is 1. The van der Waals surface area contributed by atoms with Gasteiger partial charge in [-0.05, 0) is 55.8 Å². The zero-order valence-corrected chi connectivity index (χ0v) is 15.6. The monoisotopic (exact) mass is 380 g/mol. The second-order valence-corrected chi connectivity index (χ2v) is 7.72. The first-order chi connectivity index (χ1) is 12.2. The molecule has 2 aromatic rings. The topological polar surface area (TPSA) is 75.7 Å². The highest BCUT2D eigenvalue weighted by molar-refractivity contribution is 7.89. The average Bonchev–Trinajstić information content (AvgIpc) is 2.56. The zero-order valence-electron chi connectivity index (χ0n) is 14.8. The van der Waals surface area contributed by atoms with Crippen molar-refractivity contribution >= 4 is 21.6 Å². The van der Waals surface area contributed by atoms with Crippen LogP contribution in [0, 0.1) is 12.7 Å². The number of likely N-dealkylation sites (N-methyl/N-ethyl adjacent to an activating group) is 1. The van der Waals surface area contributed by atoms with Crippen molar-refractivity contribution in [2.24, 2.45) is 0 Å². The molecule has 0 unspecified atom stereocenters. The Balaban J connectivity index is 2.10. The van der Waals surface area contributed by atoms with Crippen LogP contribution >= 0.6 is 0 Å². The van der Waals surface area contributed by atoms with E-state index in [1.165, 1.54) is 37.4 Å².